The molecule has 0 bridgehead atoms. The standard InChI is InChI=1S/C13H21ClN2O/c1-13(2,7-8-15)16(3)10-5-6-12(17-4)11(14)9-10/h5-6,9H,7-8,15H2,1-4H3. The first-order valence-corrected chi connectivity index (χ1v) is 6.07. The third-order valence-corrected chi connectivity index (χ3v) is 3.48. The van der Waals surface area contributed by atoms with Gasteiger partial charge in [-0.2, -0.15) is 0 Å². The van der Waals surface area contributed by atoms with E-state index < -0.39 is 0 Å². The molecule has 96 valence electrons. The number of halogens is 1. The summed E-state index contributed by atoms with van der Waals surface area (Å²) in [5.41, 5.74) is 6.70. The van der Waals surface area contributed by atoms with E-state index in [0.717, 1.165) is 12.1 Å². The van der Waals surface area contributed by atoms with E-state index in [-0.39, 0.29) is 5.54 Å². The van der Waals surface area contributed by atoms with Crippen molar-refractivity contribution < 1.29 is 4.74 Å². The molecule has 3 nitrogen and oxygen atoms in total. The predicted octanol–water partition coefficient (Wildman–Crippen LogP) is 2.91. The van der Waals surface area contributed by atoms with Crippen molar-refractivity contribution in [3.8, 4) is 5.75 Å². The molecule has 0 aliphatic carbocycles. The van der Waals surface area contributed by atoms with Gasteiger partial charge in [0.05, 0.1) is 12.1 Å². The van der Waals surface area contributed by atoms with Gasteiger partial charge in [-0.15, -0.1) is 0 Å². The maximum atomic E-state index is 6.12. The summed E-state index contributed by atoms with van der Waals surface area (Å²) in [6.07, 6.45) is 0.924. The van der Waals surface area contributed by atoms with Crippen LogP contribution < -0.4 is 15.4 Å². The number of benzene rings is 1. The molecule has 0 heterocycles. The van der Waals surface area contributed by atoms with Crippen LogP contribution in [-0.2, 0) is 0 Å². The van der Waals surface area contributed by atoms with E-state index in [1.54, 1.807) is 7.11 Å². The number of hydrogen-bond acceptors (Lipinski definition) is 3. The Kier molecular flexibility index (Phi) is 4.66. The van der Waals surface area contributed by atoms with Crippen molar-refractivity contribution in [1.29, 1.82) is 0 Å². The van der Waals surface area contributed by atoms with Gasteiger partial charge in [0.1, 0.15) is 5.75 Å². The van der Waals surface area contributed by atoms with Gasteiger partial charge in [0, 0.05) is 18.3 Å². The highest BCUT2D eigenvalue weighted by molar-refractivity contribution is 6.32. The van der Waals surface area contributed by atoms with Crippen LogP contribution in [0.1, 0.15) is 20.3 Å². The van der Waals surface area contributed by atoms with Crippen molar-refractivity contribution in [2.45, 2.75) is 25.8 Å². The molecular weight excluding hydrogens is 236 g/mol. The Morgan fingerprint density at radius 1 is 1.41 bits per heavy atom. The normalized spacial score (nSPS) is 11.4. The number of anilines is 1. The monoisotopic (exact) mass is 256 g/mol. The molecule has 0 aliphatic rings. The fourth-order valence-electron chi connectivity index (χ4n) is 1.73. The lowest BCUT2D eigenvalue weighted by molar-refractivity contribution is 0.414. The molecule has 0 saturated carbocycles. The molecule has 0 fully saturated rings. The Labute approximate surface area is 109 Å². The zero-order valence-electron chi connectivity index (χ0n) is 11.0. The van der Waals surface area contributed by atoms with Crippen molar-refractivity contribution in [2.24, 2.45) is 5.73 Å². The highest BCUT2D eigenvalue weighted by Gasteiger charge is 2.23. The molecule has 2 N–H and O–H groups in total. The van der Waals surface area contributed by atoms with Crippen LogP contribution in [0.3, 0.4) is 0 Å². The fraction of sp³-hybridized carbons (Fsp3) is 0.538. The number of ether oxygens (including phenoxy) is 1. The topological polar surface area (TPSA) is 38.5 Å². The minimum absolute atomic E-state index is 0.00661. The number of nitrogens with two attached hydrogens (primary N) is 1. The van der Waals surface area contributed by atoms with Crippen molar-refractivity contribution >= 4 is 17.3 Å². The number of hydrogen-bond donors (Lipinski definition) is 1. The van der Waals surface area contributed by atoms with E-state index in [0.29, 0.717) is 17.3 Å². The lowest BCUT2D eigenvalue weighted by Gasteiger charge is -2.37. The summed E-state index contributed by atoms with van der Waals surface area (Å²) in [5, 5.41) is 0.625. The molecule has 0 amide bonds. The lowest BCUT2D eigenvalue weighted by Crippen LogP contribution is -2.42. The molecule has 4 heteroatoms. The molecule has 1 aromatic carbocycles. The quantitative estimate of drug-likeness (QED) is 0.880. The van der Waals surface area contributed by atoms with Gasteiger partial charge in [0.15, 0.2) is 0 Å². The van der Waals surface area contributed by atoms with E-state index in [1.165, 1.54) is 0 Å². The summed E-state index contributed by atoms with van der Waals surface area (Å²) in [6, 6.07) is 5.80. The molecule has 0 unspecified atom stereocenters. The van der Waals surface area contributed by atoms with Crippen LogP contribution in [-0.4, -0.2) is 26.2 Å². The summed E-state index contributed by atoms with van der Waals surface area (Å²) in [5.74, 6) is 0.695. The van der Waals surface area contributed by atoms with Crippen LogP contribution in [0, 0.1) is 0 Å². The third-order valence-electron chi connectivity index (χ3n) is 3.19. The largest absolute Gasteiger partial charge is 0.495 e. The van der Waals surface area contributed by atoms with E-state index >= 15 is 0 Å². The molecule has 0 saturated heterocycles. The SMILES string of the molecule is COc1ccc(N(C)C(C)(C)CCN)cc1Cl. The second kappa shape index (κ2) is 5.61. The highest BCUT2D eigenvalue weighted by Crippen LogP contribution is 2.32. The minimum atomic E-state index is 0.00661. The Balaban J connectivity index is 2.96. The second-order valence-electron chi connectivity index (χ2n) is 4.73. The van der Waals surface area contributed by atoms with Crippen LogP contribution in [0.25, 0.3) is 0 Å². The van der Waals surface area contributed by atoms with E-state index in [2.05, 4.69) is 18.7 Å². The maximum Gasteiger partial charge on any atom is 0.137 e. The second-order valence-corrected chi connectivity index (χ2v) is 5.14. The van der Waals surface area contributed by atoms with E-state index in [9.17, 15) is 0 Å². The van der Waals surface area contributed by atoms with Crippen molar-refractivity contribution in [1.82, 2.24) is 0 Å². The predicted molar refractivity (Wildman–Crippen MR) is 74.2 cm³/mol. The van der Waals surface area contributed by atoms with Crippen LogP contribution in [0.4, 0.5) is 5.69 Å². The van der Waals surface area contributed by atoms with E-state index in [1.807, 2.05) is 25.2 Å². The Hall–Kier alpha value is -0.930. The molecule has 1 rings (SSSR count). The Morgan fingerprint density at radius 2 is 2.06 bits per heavy atom. The maximum absolute atomic E-state index is 6.12. The first-order valence-electron chi connectivity index (χ1n) is 5.70. The van der Waals surface area contributed by atoms with Crippen LogP contribution in [0.5, 0.6) is 5.75 Å². The first-order chi connectivity index (χ1) is 7.92. The van der Waals surface area contributed by atoms with Gasteiger partial charge in [-0.25, -0.2) is 0 Å². The summed E-state index contributed by atoms with van der Waals surface area (Å²) in [6.45, 7) is 5.00. The zero-order chi connectivity index (χ0) is 13.1. The average molecular weight is 257 g/mol. The number of nitrogens with zero attached hydrogens (tertiary/aromatic N) is 1. The van der Waals surface area contributed by atoms with Crippen LogP contribution >= 0.6 is 11.6 Å². The summed E-state index contributed by atoms with van der Waals surface area (Å²) in [7, 11) is 3.66. The molecular formula is C13H21ClN2O. The molecule has 0 spiro atoms. The van der Waals surface area contributed by atoms with Crippen molar-refractivity contribution in [2.75, 3.05) is 25.6 Å². The molecule has 0 aromatic heterocycles. The van der Waals surface area contributed by atoms with Gasteiger partial charge in [-0.3, -0.25) is 0 Å². The van der Waals surface area contributed by atoms with Gasteiger partial charge < -0.3 is 15.4 Å². The summed E-state index contributed by atoms with van der Waals surface area (Å²) >= 11 is 6.12. The van der Waals surface area contributed by atoms with Gasteiger partial charge in [-0.05, 0) is 45.0 Å². The molecule has 17 heavy (non-hydrogen) atoms. The summed E-state index contributed by atoms with van der Waals surface area (Å²) in [4.78, 5) is 2.19. The first kappa shape index (κ1) is 14.1. The lowest BCUT2D eigenvalue weighted by atomic mass is 9.98. The highest BCUT2D eigenvalue weighted by atomic mass is 35.5. The molecule has 0 atom stereocenters. The summed E-state index contributed by atoms with van der Waals surface area (Å²) < 4.78 is 5.14. The fourth-order valence-corrected chi connectivity index (χ4v) is 1.99. The smallest absolute Gasteiger partial charge is 0.137 e. The Bertz CT molecular complexity index is 380. The van der Waals surface area contributed by atoms with Gasteiger partial charge in [0.2, 0.25) is 0 Å². The van der Waals surface area contributed by atoms with Crippen molar-refractivity contribution in [3.05, 3.63) is 23.2 Å². The zero-order valence-corrected chi connectivity index (χ0v) is 11.7. The molecule has 0 aliphatic heterocycles. The van der Waals surface area contributed by atoms with Gasteiger partial charge >= 0.3 is 0 Å². The minimum Gasteiger partial charge on any atom is -0.495 e. The van der Waals surface area contributed by atoms with Crippen molar-refractivity contribution in [3.63, 3.8) is 0 Å². The third kappa shape index (κ3) is 3.27. The van der Waals surface area contributed by atoms with Gasteiger partial charge in [0.25, 0.3) is 0 Å². The average Bonchev–Trinajstić information content (AvgIpc) is 2.27. The number of rotatable bonds is 5. The molecule has 1 aromatic rings. The Morgan fingerprint density at radius 3 is 2.53 bits per heavy atom. The molecule has 0 radical (unpaired) electrons. The van der Waals surface area contributed by atoms with Crippen LogP contribution in [0.2, 0.25) is 5.02 Å². The van der Waals surface area contributed by atoms with Gasteiger partial charge in [-0.1, -0.05) is 11.6 Å². The number of methoxy groups -OCH3 is 1. The van der Waals surface area contributed by atoms with Crippen LogP contribution in [0.15, 0.2) is 18.2 Å². The van der Waals surface area contributed by atoms with E-state index in [4.69, 9.17) is 22.1 Å².